The van der Waals surface area contributed by atoms with Gasteiger partial charge < -0.3 is 19.2 Å². The van der Waals surface area contributed by atoms with Crippen molar-refractivity contribution in [1.82, 2.24) is 4.98 Å². The molecule has 0 spiro atoms. The van der Waals surface area contributed by atoms with Gasteiger partial charge in [-0.25, -0.2) is 9.59 Å². The molecule has 0 unspecified atom stereocenters. The molecule has 2 heterocycles. The van der Waals surface area contributed by atoms with Gasteiger partial charge >= 0.3 is 11.9 Å². The van der Waals surface area contributed by atoms with Crippen molar-refractivity contribution >= 4 is 28.6 Å². The first kappa shape index (κ1) is 15.8. The molecule has 7 nitrogen and oxygen atoms in total. The van der Waals surface area contributed by atoms with Crippen molar-refractivity contribution in [3.63, 3.8) is 0 Å². The first-order valence-electron chi connectivity index (χ1n) is 7.49. The number of ketones is 1. The van der Waals surface area contributed by atoms with Gasteiger partial charge in [0.2, 0.25) is 5.76 Å². The predicted octanol–water partition coefficient (Wildman–Crippen LogP) is 2.37. The van der Waals surface area contributed by atoms with Crippen LogP contribution in [-0.4, -0.2) is 35.9 Å². The molecule has 124 valence electrons. The van der Waals surface area contributed by atoms with Gasteiger partial charge in [-0.15, -0.1) is 0 Å². The fourth-order valence-electron chi connectivity index (χ4n) is 2.51. The minimum atomic E-state index is -0.775. The number of esters is 2. The topological polar surface area (TPSA) is 94.7 Å². The van der Waals surface area contributed by atoms with E-state index in [0.717, 1.165) is 6.08 Å². The third-order valence-corrected chi connectivity index (χ3v) is 3.47. The molecular formula is C17H15NO6. The average molecular weight is 329 g/mol. The van der Waals surface area contributed by atoms with Gasteiger partial charge in [-0.1, -0.05) is 12.1 Å². The van der Waals surface area contributed by atoms with E-state index in [-0.39, 0.29) is 30.4 Å². The fourth-order valence-corrected chi connectivity index (χ4v) is 2.51. The summed E-state index contributed by atoms with van der Waals surface area (Å²) in [6, 6.07) is 4.98. The molecule has 0 saturated heterocycles. The van der Waals surface area contributed by atoms with Gasteiger partial charge in [0.05, 0.1) is 24.1 Å². The van der Waals surface area contributed by atoms with E-state index in [9.17, 15) is 14.4 Å². The van der Waals surface area contributed by atoms with Crippen molar-refractivity contribution in [1.29, 1.82) is 0 Å². The number of allylic oxidation sites excluding steroid dienone is 1. The molecule has 0 radical (unpaired) electrons. The Balaban J connectivity index is 2.20. The second kappa shape index (κ2) is 6.19. The van der Waals surface area contributed by atoms with Crippen LogP contribution in [0.4, 0.5) is 0 Å². The lowest BCUT2D eigenvalue weighted by Crippen LogP contribution is -2.15. The van der Waals surface area contributed by atoms with Crippen molar-refractivity contribution in [3.05, 3.63) is 41.3 Å². The Bertz CT molecular complexity index is 877. The van der Waals surface area contributed by atoms with Crippen LogP contribution in [0.2, 0.25) is 0 Å². The average Bonchev–Trinajstić information content (AvgIpc) is 2.85. The number of benzene rings is 1. The minimum absolute atomic E-state index is 0.0456. The van der Waals surface area contributed by atoms with Gasteiger partial charge in [-0.3, -0.25) is 4.79 Å². The molecule has 2 aromatic rings. The molecule has 1 aromatic carbocycles. The van der Waals surface area contributed by atoms with Crippen LogP contribution in [0.5, 0.6) is 5.75 Å². The maximum absolute atomic E-state index is 12.4. The van der Waals surface area contributed by atoms with E-state index < -0.39 is 17.7 Å². The van der Waals surface area contributed by atoms with Gasteiger partial charge in [0.25, 0.3) is 0 Å². The summed E-state index contributed by atoms with van der Waals surface area (Å²) in [6.45, 7) is 3.64. The van der Waals surface area contributed by atoms with E-state index in [4.69, 9.17) is 14.2 Å². The number of aromatic amines is 1. The number of H-pyrrole nitrogens is 1. The second-order valence-electron chi connectivity index (χ2n) is 4.97. The predicted molar refractivity (Wildman–Crippen MR) is 83.9 cm³/mol. The largest absolute Gasteiger partial charge is 0.461 e. The standard InChI is InChI=1S/C17H15NO6/c1-3-22-16(20)12-8-11(19)9-6-5-7-10-13(9)15(24-12)14(18-10)17(21)23-4-2/h5-8,18H,3-4H2,1-2H3. The van der Waals surface area contributed by atoms with Gasteiger partial charge in [0.1, 0.15) is 0 Å². The lowest BCUT2D eigenvalue weighted by molar-refractivity contribution is -0.141. The second-order valence-corrected chi connectivity index (χ2v) is 4.97. The molecule has 0 fully saturated rings. The molecule has 0 bridgehead atoms. The van der Waals surface area contributed by atoms with Crippen LogP contribution in [0.1, 0.15) is 34.7 Å². The summed E-state index contributed by atoms with van der Waals surface area (Å²) in [4.78, 5) is 39.5. The van der Waals surface area contributed by atoms with E-state index in [1.54, 1.807) is 32.0 Å². The zero-order valence-corrected chi connectivity index (χ0v) is 13.2. The van der Waals surface area contributed by atoms with Crippen molar-refractivity contribution in [2.45, 2.75) is 13.8 Å². The quantitative estimate of drug-likeness (QED) is 0.865. The zero-order valence-electron chi connectivity index (χ0n) is 13.2. The van der Waals surface area contributed by atoms with Crippen LogP contribution in [0, 0.1) is 0 Å². The van der Waals surface area contributed by atoms with E-state index in [2.05, 4.69) is 4.98 Å². The molecule has 0 amide bonds. The summed E-state index contributed by atoms with van der Waals surface area (Å²) in [6.07, 6.45) is 1.07. The summed E-state index contributed by atoms with van der Waals surface area (Å²) in [5.41, 5.74) is 0.912. The third kappa shape index (κ3) is 2.54. The van der Waals surface area contributed by atoms with Crippen LogP contribution in [0.25, 0.3) is 10.9 Å². The van der Waals surface area contributed by atoms with Crippen LogP contribution < -0.4 is 4.74 Å². The van der Waals surface area contributed by atoms with E-state index in [0.29, 0.717) is 16.5 Å². The molecule has 7 heteroatoms. The summed E-state index contributed by atoms with van der Waals surface area (Å²) in [5, 5.41) is 0.432. The van der Waals surface area contributed by atoms with E-state index in [1.165, 1.54) is 0 Å². The highest BCUT2D eigenvalue weighted by molar-refractivity contribution is 6.19. The molecule has 1 aliphatic heterocycles. The fraction of sp³-hybridized carbons (Fsp3) is 0.235. The smallest absolute Gasteiger partial charge is 0.374 e. The summed E-state index contributed by atoms with van der Waals surface area (Å²) < 4.78 is 15.5. The molecular weight excluding hydrogens is 314 g/mol. The third-order valence-electron chi connectivity index (χ3n) is 3.47. The SMILES string of the molecule is CCOC(=O)C1=CC(=O)c2cccc3[nH]c(C(=O)OCC)c(c23)O1. The Kier molecular flexibility index (Phi) is 4.07. The number of nitrogens with one attached hydrogen (secondary N) is 1. The van der Waals surface area contributed by atoms with Gasteiger partial charge in [-0.2, -0.15) is 0 Å². The molecule has 0 aliphatic carbocycles. The molecule has 0 atom stereocenters. The number of aromatic nitrogens is 1. The monoisotopic (exact) mass is 329 g/mol. The number of rotatable bonds is 4. The Morgan fingerprint density at radius 1 is 1.12 bits per heavy atom. The lowest BCUT2D eigenvalue weighted by atomic mass is 10.1. The Labute approximate surface area is 137 Å². The first-order chi connectivity index (χ1) is 11.6. The molecule has 24 heavy (non-hydrogen) atoms. The maximum Gasteiger partial charge on any atom is 0.374 e. The highest BCUT2D eigenvalue weighted by atomic mass is 16.6. The van der Waals surface area contributed by atoms with E-state index in [1.807, 2.05) is 0 Å². The van der Waals surface area contributed by atoms with Crippen LogP contribution in [0.3, 0.4) is 0 Å². The number of hydrogen-bond acceptors (Lipinski definition) is 6. The van der Waals surface area contributed by atoms with Crippen molar-refractivity contribution in [2.24, 2.45) is 0 Å². The first-order valence-corrected chi connectivity index (χ1v) is 7.49. The Morgan fingerprint density at radius 3 is 2.54 bits per heavy atom. The summed E-state index contributed by atoms with van der Waals surface area (Å²) in [5.74, 6) is -2.00. The highest BCUT2D eigenvalue weighted by Gasteiger charge is 2.30. The molecule has 1 aromatic heterocycles. The van der Waals surface area contributed by atoms with Crippen molar-refractivity contribution in [3.8, 4) is 5.75 Å². The lowest BCUT2D eigenvalue weighted by Gasteiger charge is -2.08. The molecule has 0 saturated carbocycles. The summed E-state index contributed by atoms with van der Waals surface area (Å²) in [7, 11) is 0. The number of carbonyl (C=O) groups is 3. The highest BCUT2D eigenvalue weighted by Crippen LogP contribution is 2.37. The molecule has 3 rings (SSSR count). The van der Waals surface area contributed by atoms with Gasteiger partial charge in [0.15, 0.2) is 17.2 Å². The van der Waals surface area contributed by atoms with Gasteiger partial charge in [-0.05, 0) is 19.9 Å². The maximum atomic E-state index is 12.4. The Morgan fingerprint density at radius 2 is 1.83 bits per heavy atom. The van der Waals surface area contributed by atoms with Crippen LogP contribution in [-0.2, 0) is 14.3 Å². The van der Waals surface area contributed by atoms with Crippen LogP contribution >= 0.6 is 0 Å². The van der Waals surface area contributed by atoms with E-state index >= 15 is 0 Å². The van der Waals surface area contributed by atoms with Crippen molar-refractivity contribution < 1.29 is 28.6 Å². The van der Waals surface area contributed by atoms with Crippen molar-refractivity contribution in [2.75, 3.05) is 13.2 Å². The molecule has 1 aliphatic rings. The zero-order chi connectivity index (χ0) is 17.3. The number of ether oxygens (including phenoxy) is 3. The molecule has 1 N–H and O–H groups in total. The summed E-state index contributed by atoms with van der Waals surface area (Å²) >= 11 is 0. The normalized spacial score (nSPS) is 13.1. The minimum Gasteiger partial charge on any atom is -0.461 e. The van der Waals surface area contributed by atoms with Crippen LogP contribution in [0.15, 0.2) is 30.0 Å². The number of hydrogen-bond donors (Lipinski definition) is 1. The Hall–Kier alpha value is -3.09. The van der Waals surface area contributed by atoms with Gasteiger partial charge in [0, 0.05) is 11.6 Å². The number of carbonyl (C=O) groups excluding carboxylic acids is 3.